The van der Waals surface area contributed by atoms with Crippen LogP contribution in [0.25, 0.3) is 0 Å². The zero-order valence-corrected chi connectivity index (χ0v) is 10.3. The molecule has 88 valence electrons. The Balaban J connectivity index is 2.48. The summed E-state index contributed by atoms with van der Waals surface area (Å²) < 4.78 is 0. The lowest BCUT2D eigenvalue weighted by molar-refractivity contribution is -0.123. The number of hydrogen-bond donors (Lipinski definition) is 2. The average Bonchev–Trinajstić information content (AvgIpc) is 2.08. The first-order chi connectivity index (χ1) is 6.82. The summed E-state index contributed by atoms with van der Waals surface area (Å²) in [7, 11) is 0. The maximum atomic E-state index is 11.5. The van der Waals surface area contributed by atoms with E-state index in [-0.39, 0.29) is 5.91 Å². The Morgan fingerprint density at radius 3 is 2.60 bits per heavy atom. The number of amides is 1. The molecule has 0 bridgehead atoms. The Hall–Kier alpha value is -0.570. The van der Waals surface area contributed by atoms with Crippen LogP contribution in [0.3, 0.4) is 0 Å². The molecule has 3 heteroatoms. The fourth-order valence-corrected chi connectivity index (χ4v) is 2.48. The maximum absolute atomic E-state index is 11.5. The molecule has 1 rings (SSSR count). The first-order valence-electron chi connectivity index (χ1n) is 5.88. The monoisotopic (exact) mass is 212 g/mol. The molecule has 0 saturated heterocycles. The molecule has 1 fully saturated rings. The van der Waals surface area contributed by atoms with Gasteiger partial charge in [0.15, 0.2) is 0 Å². The molecule has 1 saturated carbocycles. The van der Waals surface area contributed by atoms with Gasteiger partial charge < -0.3 is 11.1 Å². The van der Waals surface area contributed by atoms with E-state index in [0.29, 0.717) is 17.4 Å². The summed E-state index contributed by atoms with van der Waals surface area (Å²) in [6, 6.07) is -0.0799. The predicted octanol–water partition coefficient (Wildman–Crippen LogP) is 1.66. The Morgan fingerprint density at radius 1 is 1.53 bits per heavy atom. The second-order valence-corrected chi connectivity index (χ2v) is 5.79. The number of nitrogens with one attached hydrogen (secondary N) is 1. The van der Waals surface area contributed by atoms with Crippen molar-refractivity contribution in [3.05, 3.63) is 0 Å². The van der Waals surface area contributed by atoms with Crippen LogP contribution in [0.5, 0.6) is 0 Å². The smallest absolute Gasteiger partial charge is 0.236 e. The van der Waals surface area contributed by atoms with Crippen molar-refractivity contribution in [2.24, 2.45) is 17.1 Å². The van der Waals surface area contributed by atoms with E-state index in [2.05, 4.69) is 26.1 Å². The molecule has 3 atom stereocenters. The number of hydrogen-bond acceptors (Lipinski definition) is 2. The van der Waals surface area contributed by atoms with Gasteiger partial charge in [-0.25, -0.2) is 0 Å². The van der Waals surface area contributed by atoms with Gasteiger partial charge in [0.05, 0.1) is 6.04 Å². The van der Waals surface area contributed by atoms with Crippen molar-refractivity contribution in [1.82, 2.24) is 5.32 Å². The summed E-state index contributed by atoms with van der Waals surface area (Å²) in [6.45, 7) is 8.54. The van der Waals surface area contributed by atoms with E-state index in [4.69, 9.17) is 5.73 Å². The third kappa shape index (κ3) is 3.49. The molecule has 15 heavy (non-hydrogen) atoms. The molecular formula is C12H24N2O. The van der Waals surface area contributed by atoms with Crippen molar-refractivity contribution in [3.8, 4) is 0 Å². The molecule has 0 aromatic rings. The highest BCUT2D eigenvalue weighted by molar-refractivity contribution is 5.81. The molecule has 0 aromatic heterocycles. The van der Waals surface area contributed by atoms with E-state index in [1.165, 1.54) is 12.8 Å². The lowest BCUT2D eigenvalue weighted by Crippen LogP contribution is -2.49. The van der Waals surface area contributed by atoms with Gasteiger partial charge in [-0.05, 0) is 37.5 Å². The normalized spacial score (nSPS) is 32.1. The van der Waals surface area contributed by atoms with Crippen LogP contribution < -0.4 is 11.1 Å². The fourth-order valence-electron chi connectivity index (χ4n) is 2.48. The first-order valence-corrected chi connectivity index (χ1v) is 5.88. The van der Waals surface area contributed by atoms with Gasteiger partial charge in [0, 0.05) is 6.04 Å². The van der Waals surface area contributed by atoms with Crippen LogP contribution in [-0.2, 0) is 4.79 Å². The number of carbonyl (C=O) groups is 1. The van der Waals surface area contributed by atoms with Gasteiger partial charge in [-0.3, -0.25) is 4.79 Å². The lowest BCUT2D eigenvalue weighted by Gasteiger charge is -2.39. The van der Waals surface area contributed by atoms with E-state index >= 15 is 0 Å². The Bertz CT molecular complexity index is 236. The first kappa shape index (κ1) is 12.5. The molecule has 0 aliphatic heterocycles. The van der Waals surface area contributed by atoms with Crippen LogP contribution in [0.2, 0.25) is 0 Å². The largest absolute Gasteiger partial charge is 0.352 e. The zero-order valence-electron chi connectivity index (χ0n) is 10.3. The van der Waals surface area contributed by atoms with Gasteiger partial charge in [0.1, 0.15) is 0 Å². The van der Waals surface area contributed by atoms with Crippen LogP contribution >= 0.6 is 0 Å². The number of nitrogens with two attached hydrogens (primary N) is 1. The maximum Gasteiger partial charge on any atom is 0.236 e. The van der Waals surface area contributed by atoms with Gasteiger partial charge in [-0.2, -0.15) is 0 Å². The summed E-state index contributed by atoms with van der Waals surface area (Å²) >= 11 is 0. The van der Waals surface area contributed by atoms with Crippen LogP contribution in [-0.4, -0.2) is 18.0 Å². The SMILES string of the molecule is CC(N)C(=O)NC1CCC(C)(C)CC1C. The molecule has 1 aliphatic carbocycles. The van der Waals surface area contributed by atoms with Gasteiger partial charge >= 0.3 is 0 Å². The summed E-state index contributed by atoms with van der Waals surface area (Å²) in [5, 5.41) is 3.04. The second kappa shape index (κ2) is 4.52. The van der Waals surface area contributed by atoms with Gasteiger partial charge in [-0.15, -0.1) is 0 Å². The van der Waals surface area contributed by atoms with E-state index in [9.17, 15) is 4.79 Å². The molecule has 3 nitrogen and oxygen atoms in total. The second-order valence-electron chi connectivity index (χ2n) is 5.79. The predicted molar refractivity (Wildman–Crippen MR) is 62.4 cm³/mol. The molecule has 0 aromatic carbocycles. The molecule has 1 aliphatic rings. The Morgan fingerprint density at radius 2 is 2.13 bits per heavy atom. The topological polar surface area (TPSA) is 55.1 Å². The van der Waals surface area contributed by atoms with Crippen molar-refractivity contribution in [3.63, 3.8) is 0 Å². The fraction of sp³-hybridized carbons (Fsp3) is 0.917. The summed E-state index contributed by atoms with van der Waals surface area (Å²) in [5.74, 6) is 0.531. The Labute approximate surface area is 92.8 Å². The molecular weight excluding hydrogens is 188 g/mol. The Kier molecular flexibility index (Phi) is 3.77. The van der Waals surface area contributed by atoms with E-state index in [1.54, 1.807) is 6.92 Å². The van der Waals surface area contributed by atoms with E-state index in [0.717, 1.165) is 6.42 Å². The highest BCUT2D eigenvalue weighted by atomic mass is 16.2. The van der Waals surface area contributed by atoms with Crippen molar-refractivity contribution in [2.75, 3.05) is 0 Å². The van der Waals surface area contributed by atoms with Crippen LogP contribution in [0.1, 0.15) is 47.0 Å². The van der Waals surface area contributed by atoms with Gasteiger partial charge in [-0.1, -0.05) is 20.8 Å². The standard InChI is InChI=1S/C12H24N2O/c1-8-7-12(3,4)6-5-10(8)14-11(15)9(2)13/h8-10H,5-7,13H2,1-4H3,(H,14,15). The van der Waals surface area contributed by atoms with E-state index < -0.39 is 6.04 Å². The minimum atomic E-state index is -0.396. The highest BCUT2D eigenvalue weighted by Crippen LogP contribution is 2.38. The summed E-state index contributed by atoms with van der Waals surface area (Å²) in [5.41, 5.74) is 5.97. The minimum absolute atomic E-state index is 0.0217. The van der Waals surface area contributed by atoms with E-state index in [1.807, 2.05) is 0 Å². The summed E-state index contributed by atoms with van der Waals surface area (Å²) in [4.78, 5) is 11.5. The zero-order chi connectivity index (χ0) is 11.6. The van der Waals surface area contributed by atoms with Crippen molar-refractivity contribution in [1.29, 1.82) is 0 Å². The molecule has 0 spiro atoms. The molecule has 3 N–H and O–H groups in total. The molecule has 3 unspecified atom stereocenters. The van der Waals surface area contributed by atoms with Gasteiger partial charge in [0.25, 0.3) is 0 Å². The lowest BCUT2D eigenvalue weighted by atomic mass is 9.70. The van der Waals surface area contributed by atoms with Crippen molar-refractivity contribution < 1.29 is 4.79 Å². The summed E-state index contributed by atoms with van der Waals surface area (Å²) in [6.07, 6.45) is 3.44. The third-order valence-corrected chi connectivity index (χ3v) is 3.43. The third-order valence-electron chi connectivity index (χ3n) is 3.43. The number of rotatable bonds is 2. The van der Waals surface area contributed by atoms with Crippen molar-refractivity contribution in [2.45, 2.75) is 59.0 Å². The quantitative estimate of drug-likeness (QED) is 0.731. The van der Waals surface area contributed by atoms with Crippen LogP contribution in [0.4, 0.5) is 0 Å². The van der Waals surface area contributed by atoms with Gasteiger partial charge in [0.2, 0.25) is 5.91 Å². The number of carbonyl (C=O) groups excluding carboxylic acids is 1. The van der Waals surface area contributed by atoms with Crippen LogP contribution in [0, 0.1) is 11.3 Å². The minimum Gasteiger partial charge on any atom is -0.352 e. The molecule has 1 amide bonds. The molecule has 0 heterocycles. The average molecular weight is 212 g/mol. The van der Waals surface area contributed by atoms with Crippen LogP contribution in [0.15, 0.2) is 0 Å². The molecule has 0 radical (unpaired) electrons. The van der Waals surface area contributed by atoms with Crippen molar-refractivity contribution >= 4 is 5.91 Å². The highest BCUT2D eigenvalue weighted by Gasteiger charge is 2.33.